The van der Waals surface area contributed by atoms with Gasteiger partial charge in [0.25, 0.3) is 0 Å². The van der Waals surface area contributed by atoms with Crippen molar-refractivity contribution in [1.82, 2.24) is 4.98 Å². The normalized spacial score (nSPS) is 23.8. The second-order valence-electron chi connectivity index (χ2n) is 6.42. The van der Waals surface area contributed by atoms with E-state index in [1.807, 2.05) is 13.1 Å². The summed E-state index contributed by atoms with van der Waals surface area (Å²) in [7, 11) is 0. The van der Waals surface area contributed by atoms with E-state index < -0.39 is 0 Å². The maximum atomic E-state index is 5.84. The molecule has 0 aromatic carbocycles. The molecule has 0 unspecified atom stereocenters. The molecule has 19 heavy (non-hydrogen) atoms. The molecule has 2 N–H and O–H groups in total. The molecule has 1 aliphatic heterocycles. The first-order chi connectivity index (χ1) is 9.19. The Morgan fingerprint density at radius 3 is 2.37 bits per heavy atom. The highest BCUT2D eigenvalue weighted by Crippen LogP contribution is 2.46. The summed E-state index contributed by atoms with van der Waals surface area (Å²) in [6.07, 6.45) is 10.5. The molecule has 0 amide bonds. The average Bonchev–Trinajstić information content (AvgIpc) is 2.88. The minimum Gasteiger partial charge on any atom is -0.370 e. The smallest absolute Gasteiger partial charge is 0.0569 e. The third-order valence-electron chi connectivity index (χ3n) is 5.09. The van der Waals surface area contributed by atoms with Crippen LogP contribution in [0.5, 0.6) is 0 Å². The minimum atomic E-state index is 0.0252. The van der Waals surface area contributed by atoms with Gasteiger partial charge in [0.05, 0.1) is 17.6 Å². The van der Waals surface area contributed by atoms with Crippen molar-refractivity contribution in [2.75, 3.05) is 18.0 Å². The van der Waals surface area contributed by atoms with Gasteiger partial charge in [-0.3, -0.25) is 4.98 Å². The lowest BCUT2D eigenvalue weighted by Crippen LogP contribution is -2.38. The van der Waals surface area contributed by atoms with E-state index in [1.165, 1.54) is 57.3 Å². The quantitative estimate of drug-likeness (QED) is 0.886. The summed E-state index contributed by atoms with van der Waals surface area (Å²) >= 11 is 0. The van der Waals surface area contributed by atoms with Crippen LogP contribution < -0.4 is 10.6 Å². The zero-order valence-corrected chi connectivity index (χ0v) is 11.9. The summed E-state index contributed by atoms with van der Waals surface area (Å²) in [5.74, 6) is 0. The van der Waals surface area contributed by atoms with Crippen molar-refractivity contribution in [1.29, 1.82) is 0 Å². The lowest BCUT2D eigenvalue weighted by atomic mass is 9.77. The lowest BCUT2D eigenvalue weighted by Gasteiger charge is -2.40. The first-order valence-electron chi connectivity index (χ1n) is 7.65. The van der Waals surface area contributed by atoms with Gasteiger partial charge in [-0.05, 0) is 50.2 Å². The molecule has 1 saturated heterocycles. The third-order valence-corrected chi connectivity index (χ3v) is 5.09. The van der Waals surface area contributed by atoms with Crippen molar-refractivity contribution >= 4 is 5.69 Å². The second kappa shape index (κ2) is 5.12. The standard InChI is InChI=1S/C16H25N3/c1-13(17)15-5-4-14(12-18-15)19-10-8-16(9-11-19)6-2-3-7-16/h4-5,12-13H,2-3,6-11,17H2,1H3/t13-/m0/s1. The van der Waals surface area contributed by atoms with Gasteiger partial charge in [-0.25, -0.2) is 0 Å². The Morgan fingerprint density at radius 1 is 1.16 bits per heavy atom. The van der Waals surface area contributed by atoms with E-state index in [0.717, 1.165) is 5.69 Å². The molecule has 1 aromatic rings. The summed E-state index contributed by atoms with van der Waals surface area (Å²) < 4.78 is 0. The van der Waals surface area contributed by atoms with Gasteiger partial charge in [0, 0.05) is 19.1 Å². The Balaban J connectivity index is 1.64. The number of nitrogens with two attached hydrogens (primary N) is 1. The van der Waals surface area contributed by atoms with Crippen LogP contribution in [0.4, 0.5) is 5.69 Å². The fourth-order valence-corrected chi connectivity index (χ4v) is 3.72. The molecule has 1 spiro atoms. The largest absolute Gasteiger partial charge is 0.370 e. The molecular formula is C16H25N3. The fraction of sp³-hybridized carbons (Fsp3) is 0.688. The molecule has 1 saturated carbocycles. The van der Waals surface area contributed by atoms with Crippen molar-refractivity contribution in [2.45, 2.75) is 51.5 Å². The Hall–Kier alpha value is -1.09. The topological polar surface area (TPSA) is 42.1 Å². The van der Waals surface area contributed by atoms with Crippen LogP contribution >= 0.6 is 0 Å². The predicted molar refractivity (Wildman–Crippen MR) is 79.2 cm³/mol. The summed E-state index contributed by atoms with van der Waals surface area (Å²) in [6, 6.07) is 4.27. The summed E-state index contributed by atoms with van der Waals surface area (Å²) in [4.78, 5) is 6.96. The summed E-state index contributed by atoms with van der Waals surface area (Å²) in [5, 5.41) is 0. The van der Waals surface area contributed by atoms with Gasteiger partial charge in [0.2, 0.25) is 0 Å². The fourth-order valence-electron chi connectivity index (χ4n) is 3.72. The summed E-state index contributed by atoms with van der Waals surface area (Å²) in [5.41, 5.74) is 8.78. The van der Waals surface area contributed by atoms with Crippen molar-refractivity contribution in [2.24, 2.45) is 11.1 Å². The Labute approximate surface area is 116 Å². The Bertz CT molecular complexity index is 408. The molecule has 1 aliphatic carbocycles. The van der Waals surface area contributed by atoms with Gasteiger partial charge in [-0.15, -0.1) is 0 Å². The Kier molecular flexibility index (Phi) is 3.48. The van der Waals surface area contributed by atoms with Gasteiger partial charge < -0.3 is 10.6 Å². The van der Waals surface area contributed by atoms with Gasteiger partial charge in [0.1, 0.15) is 0 Å². The number of hydrogen-bond acceptors (Lipinski definition) is 3. The monoisotopic (exact) mass is 259 g/mol. The number of piperidine rings is 1. The van der Waals surface area contributed by atoms with Crippen LogP contribution in [0.2, 0.25) is 0 Å². The van der Waals surface area contributed by atoms with E-state index in [1.54, 1.807) is 0 Å². The van der Waals surface area contributed by atoms with Crippen LogP contribution in [0, 0.1) is 5.41 Å². The zero-order chi connectivity index (χ0) is 13.3. The van der Waals surface area contributed by atoms with Crippen LogP contribution in [0.3, 0.4) is 0 Å². The van der Waals surface area contributed by atoms with Crippen LogP contribution in [-0.2, 0) is 0 Å². The molecule has 2 heterocycles. The van der Waals surface area contributed by atoms with E-state index >= 15 is 0 Å². The number of rotatable bonds is 2. The van der Waals surface area contributed by atoms with Crippen LogP contribution in [0.1, 0.15) is 57.2 Å². The Morgan fingerprint density at radius 2 is 1.84 bits per heavy atom. The van der Waals surface area contributed by atoms with Crippen LogP contribution in [-0.4, -0.2) is 18.1 Å². The lowest BCUT2D eigenvalue weighted by molar-refractivity contribution is 0.226. The maximum absolute atomic E-state index is 5.84. The van der Waals surface area contributed by atoms with Gasteiger partial charge in [-0.1, -0.05) is 12.8 Å². The second-order valence-corrected chi connectivity index (χ2v) is 6.42. The van der Waals surface area contributed by atoms with E-state index in [2.05, 4.69) is 22.0 Å². The zero-order valence-electron chi connectivity index (χ0n) is 11.9. The number of anilines is 1. The molecule has 3 rings (SSSR count). The SMILES string of the molecule is C[C@H](N)c1ccc(N2CCC3(CCCC3)CC2)cn1. The average molecular weight is 259 g/mol. The maximum Gasteiger partial charge on any atom is 0.0569 e. The highest BCUT2D eigenvalue weighted by atomic mass is 15.1. The third kappa shape index (κ3) is 2.62. The molecule has 0 bridgehead atoms. The first-order valence-corrected chi connectivity index (χ1v) is 7.65. The molecule has 3 heteroatoms. The number of nitrogens with zero attached hydrogens (tertiary/aromatic N) is 2. The van der Waals surface area contributed by atoms with Crippen LogP contribution in [0.15, 0.2) is 18.3 Å². The van der Waals surface area contributed by atoms with Crippen molar-refractivity contribution < 1.29 is 0 Å². The molecule has 2 fully saturated rings. The number of pyridine rings is 1. The number of hydrogen-bond donors (Lipinski definition) is 1. The van der Waals surface area contributed by atoms with Gasteiger partial charge in [0.15, 0.2) is 0 Å². The van der Waals surface area contributed by atoms with Crippen molar-refractivity contribution in [3.63, 3.8) is 0 Å². The molecular weight excluding hydrogens is 234 g/mol. The highest BCUT2D eigenvalue weighted by molar-refractivity contribution is 5.45. The highest BCUT2D eigenvalue weighted by Gasteiger charge is 2.36. The first kappa shape index (κ1) is 12.9. The van der Waals surface area contributed by atoms with Crippen LogP contribution in [0.25, 0.3) is 0 Å². The van der Waals surface area contributed by atoms with Crippen molar-refractivity contribution in [3.8, 4) is 0 Å². The van der Waals surface area contributed by atoms with E-state index in [9.17, 15) is 0 Å². The van der Waals surface area contributed by atoms with Crippen molar-refractivity contribution in [3.05, 3.63) is 24.0 Å². The van der Waals surface area contributed by atoms with Gasteiger partial charge >= 0.3 is 0 Å². The van der Waals surface area contributed by atoms with E-state index in [4.69, 9.17) is 5.73 Å². The summed E-state index contributed by atoms with van der Waals surface area (Å²) in [6.45, 7) is 4.37. The minimum absolute atomic E-state index is 0.0252. The van der Waals surface area contributed by atoms with E-state index in [0.29, 0.717) is 5.41 Å². The number of aromatic nitrogens is 1. The molecule has 3 nitrogen and oxygen atoms in total. The molecule has 1 aromatic heterocycles. The molecule has 1 atom stereocenters. The van der Waals surface area contributed by atoms with E-state index in [-0.39, 0.29) is 6.04 Å². The van der Waals surface area contributed by atoms with Gasteiger partial charge in [-0.2, -0.15) is 0 Å². The molecule has 104 valence electrons. The molecule has 2 aliphatic rings. The predicted octanol–water partition coefficient (Wildman–Crippen LogP) is 3.26. The molecule has 0 radical (unpaired) electrons.